The Bertz CT molecular complexity index is 834. The zero-order valence-electron chi connectivity index (χ0n) is 15.4. The lowest BCUT2D eigenvalue weighted by Crippen LogP contribution is -2.43. The Labute approximate surface area is 156 Å². The van der Waals surface area contributed by atoms with E-state index in [4.69, 9.17) is 0 Å². The van der Waals surface area contributed by atoms with Crippen LogP contribution in [0.15, 0.2) is 48.5 Å². The van der Waals surface area contributed by atoms with Gasteiger partial charge in [0.05, 0.1) is 11.3 Å². The molecule has 2 rings (SSSR count). The number of alkyl halides is 3. The fraction of sp³-hybridized carbons (Fsp3) is 0.300. The van der Waals surface area contributed by atoms with Gasteiger partial charge in [-0.3, -0.25) is 9.59 Å². The average Bonchev–Trinajstić information content (AvgIpc) is 2.59. The zero-order chi connectivity index (χ0) is 20.2. The lowest BCUT2D eigenvalue weighted by molar-refractivity contribution is -0.137. The van der Waals surface area contributed by atoms with Gasteiger partial charge in [-0.2, -0.15) is 13.2 Å². The van der Waals surface area contributed by atoms with Gasteiger partial charge in [-0.25, -0.2) is 0 Å². The van der Waals surface area contributed by atoms with Gasteiger partial charge in [0.15, 0.2) is 0 Å². The van der Waals surface area contributed by atoms with Crippen LogP contribution in [-0.4, -0.2) is 24.9 Å². The Morgan fingerprint density at radius 3 is 2.22 bits per heavy atom. The number of anilines is 2. The van der Waals surface area contributed by atoms with E-state index in [1.165, 1.54) is 23.1 Å². The fourth-order valence-corrected chi connectivity index (χ4v) is 2.83. The summed E-state index contributed by atoms with van der Waals surface area (Å²) in [6.07, 6.45) is -4.63. The van der Waals surface area contributed by atoms with Crippen LogP contribution in [0, 0.1) is 6.92 Å². The van der Waals surface area contributed by atoms with Gasteiger partial charge in [0.2, 0.25) is 11.8 Å². The lowest BCUT2D eigenvalue weighted by atomic mass is 10.1. The van der Waals surface area contributed by atoms with E-state index >= 15 is 0 Å². The van der Waals surface area contributed by atoms with Crippen LogP contribution in [-0.2, 0) is 15.8 Å². The maximum absolute atomic E-state index is 13.3. The first-order valence-electron chi connectivity index (χ1n) is 8.46. The van der Waals surface area contributed by atoms with Crippen LogP contribution in [0.25, 0.3) is 0 Å². The molecule has 2 aromatic rings. The van der Waals surface area contributed by atoms with Crippen LogP contribution in [0.5, 0.6) is 0 Å². The number of carbonyl (C=O) groups is 2. The molecule has 0 unspecified atom stereocenters. The number of halogens is 3. The highest BCUT2D eigenvalue weighted by molar-refractivity contribution is 6.03. The number of hydrogen-bond donors (Lipinski definition) is 0. The highest BCUT2D eigenvalue weighted by atomic mass is 19.4. The van der Waals surface area contributed by atoms with Crippen molar-refractivity contribution in [2.24, 2.45) is 0 Å². The summed E-state index contributed by atoms with van der Waals surface area (Å²) in [6.45, 7) is 4.63. The minimum atomic E-state index is -4.63. The van der Waals surface area contributed by atoms with E-state index in [0.717, 1.165) is 23.5 Å². The minimum Gasteiger partial charge on any atom is -0.311 e. The molecule has 4 nitrogen and oxygen atoms in total. The van der Waals surface area contributed by atoms with Crippen LogP contribution in [0.3, 0.4) is 0 Å². The normalized spacial score (nSPS) is 11.2. The molecule has 0 aliphatic carbocycles. The number of rotatable bonds is 5. The van der Waals surface area contributed by atoms with Crippen LogP contribution in [0.1, 0.15) is 25.0 Å². The van der Waals surface area contributed by atoms with Crippen LogP contribution >= 0.6 is 0 Å². The minimum absolute atomic E-state index is 0.328. The summed E-state index contributed by atoms with van der Waals surface area (Å²) in [5.74, 6) is -1.10. The molecule has 27 heavy (non-hydrogen) atoms. The van der Waals surface area contributed by atoms with Crippen molar-refractivity contribution in [2.75, 3.05) is 22.9 Å². The van der Waals surface area contributed by atoms with E-state index in [1.807, 2.05) is 19.1 Å². The number of likely N-dealkylation sites (N-methyl/N-ethyl adjacent to an activating group) is 1. The van der Waals surface area contributed by atoms with Gasteiger partial charge < -0.3 is 9.80 Å². The predicted molar refractivity (Wildman–Crippen MR) is 98.7 cm³/mol. The predicted octanol–water partition coefficient (Wildman–Crippen LogP) is 4.42. The smallest absolute Gasteiger partial charge is 0.311 e. The fourth-order valence-electron chi connectivity index (χ4n) is 2.83. The number of para-hydroxylation sites is 1. The molecule has 0 spiro atoms. The highest BCUT2D eigenvalue weighted by Gasteiger charge is 2.36. The van der Waals surface area contributed by atoms with Gasteiger partial charge >= 0.3 is 6.18 Å². The molecule has 2 amide bonds. The largest absolute Gasteiger partial charge is 0.418 e. The van der Waals surface area contributed by atoms with Crippen molar-refractivity contribution in [1.82, 2.24) is 0 Å². The third kappa shape index (κ3) is 4.87. The van der Waals surface area contributed by atoms with E-state index in [1.54, 1.807) is 19.1 Å². The van der Waals surface area contributed by atoms with Gasteiger partial charge in [-0.05, 0) is 43.7 Å². The summed E-state index contributed by atoms with van der Waals surface area (Å²) in [6, 6.07) is 12.0. The van der Waals surface area contributed by atoms with Gasteiger partial charge in [-0.15, -0.1) is 0 Å². The van der Waals surface area contributed by atoms with Crippen molar-refractivity contribution < 1.29 is 22.8 Å². The van der Waals surface area contributed by atoms with Crippen LogP contribution in [0.4, 0.5) is 24.5 Å². The molecule has 0 saturated heterocycles. The number of aryl methyl sites for hydroxylation is 1. The molecule has 0 fully saturated rings. The van der Waals surface area contributed by atoms with E-state index in [0.29, 0.717) is 12.2 Å². The molecule has 7 heteroatoms. The number of amides is 2. The standard InChI is InChI=1S/C20H21F3N2O2/c1-4-24(16-9-7-8-14(2)12-16)19(27)13-25(15(3)26)18-11-6-5-10-17(18)20(21,22)23/h5-12H,4,13H2,1-3H3. The van der Waals surface area contributed by atoms with Crippen molar-refractivity contribution in [1.29, 1.82) is 0 Å². The molecule has 144 valence electrons. The van der Waals surface area contributed by atoms with Crippen molar-refractivity contribution in [3.8, 4) is 0 Å². The van der Waals surface area contributed by atoms with Gasteiger partial charge in [0.1, 0.15) is 6.54 Å². The number of nitrogens with zero attached hydrogens (tertiary/aromatic N) is 2. The third-order valence-electron chi connectivity index (χ3n) is 4.10. The van der Waals surface area contributed by atoms with Crippen LogP contribution in [0.2, 0.25) is 0 Å². The van der Waals surface area contributed by atoms with Crippen molar-refractivity contribution in [3.63, 3.8) is 0 Å². The average molecular weight is 378 g/mol. The third-order valence-corrected chi connectivity index (χ3v) is 4.10. The van der Waals surface area contributed by atoms with Crippen LogP contribution < -0.4 is 9.80 Å². The van der Waals surface area contributed by atoms with Crippen molar-refractivity contribution in [3.05, 3.63) is 59.7 Å². The lowest BCUT2D eigenvalue weighted by Gasteiger charge is -2.28. The summed E-state index contributed by atoms with van der Waals surface area (Å²) in [7, 11) is 0. The summed E-state index contributed by atoms with van der Waals surface area (Å²) in [4.78, 5) is 27.1. The number of benzene rings is 2. The topological polar surface area (TPSA) is 40.6 Å². The van der Waals surface area contributed by atoms with E-state index in [9.17, 15) is 22.8 Å². The maximum atomic E-state index is 13.3. The molecule has 0 saturated carbocycles. The van der Waals surface area contributed by atoms with E-state index in [2.05, 4.69) is 0 Å². The van der Waals surface area contributed by atoms with Crippen molar-refractivity contribution in [2.45, 2.75) is 26.9 Å². The molecular weight excluding hydrogens is 357 g/mol. The summed E-state index contributed by atoms with van der Waals surface area (Å²) in [5.41, 5.74) is 0.303. The van der Waals surface area contributed by atoms with E-state index < -0.39 is 30.1 Å². The summed E-state index contributed by atoms with van der Waals surface area (Å²) < 4.78 is 39.9. The number of hydrogen-bond acceptors (Lipinski definition) is 2. The highest BCUT2D eigenvalue weighted by Crippen LogP contribution is 2.36. The van der Waals surface area contributed by atoms with Crippen molar-refractivity contribution >= 4 is 23.2 Å². The molecule has 0 N–H and O–H groups in total. The first-order valence-corrected chi connectivity index (χ1v) is 8.46. The molecule has 0 bridgehead atoms. The molecule has 0 atom stereocenters. The molecular formula is C20H21F3N2O2. The second-order valence-electron chi connectivity index (χ2n) is 6.10. The number of carbonyl (C=O) groups excluding carboxylic acids is 2. The monoisotopic (exact) mass is 378 g/mol. The summed E-state index contributed by atoms with van der Waals surface area (Å²) in [5, 5.41) is 0. The molecule has 0 aliphatic rings. The molecule has 2 aromatic carbocycles. The van der Waals surface area contributed by atoms with Gasteiger partial charge in [0, 0.05) is 19.2 Å². The quantitative estimate of drug-likeness (QED) is 0.773. The molecule has 0 aromatic heterocycles. The Hall–Kier alpha value is -2.83. The Balaban J connectivity index is 2.37. The Morgan fingerprint density at radius 1 is 1.00 bits per heavy atom. The Morgan fingerprint density at radius 2 is 1.67 bits per heavy atom. The second-order valence-corrected chi connectivity index (χ2v) is 6.10. The first kappa shape index (κ1) is 20.5. The first-order chi connectivity index (χ1) is 12.6. The maximum Gasteiger partial charge on any atom is 0.418 e. The molecule has 0 radical (unpaired) electrons. The van der Waals surface area contributed by atoms with Gasteiger partial charge in [0.25, 0.3) is 0 Å². The van der Waals surface area contributed by atoms with Gasteiger partial charge in [-0.1, -0.05) is 24.3 Å². The Kier molecular flexibility index (Phi) is 6.25. The molecule has 0 heterocycles. The SMILES string of the molecule is CCN(C(=O)CN(C(C)=O)c1ccccc1C(F)(F)F)c1cccc(C)c1. The summed E-state index contributed by atoms with van der Waals surface area (Å²) >= 11 is 0. The van der Waals surface area contributed by atoms with E-state index in [-0.39, 0.29) is 5.69 Å². The second kappa shape index (κ2) is 8.24. The molecule has 0 aliphatic heterocycles. The zero-order valence-corrected chi connectivity index (χ0v) is 15.4.